The Morgan fingerprint density at radius 3 is 2.84 bits per heavy atom. The molecule has 0 atom stereocenters. The van der Waals surface area contributed by atoms with Gasteiger partial charge in [0, 0.05) is 38.7 Å². The third-order valence-electron chi connectivity index (χ3n) is 3.85. The number of ether oxygens (including phenoxy) is 3. The van der Waals surface area contributed by atoms with Crippen molar-refractivity contribution in [3.05, 3.63) is 23.2 Å². The summed E-state index contributed by atoms with van der Waals surface area (Å²) < 4.78 is 16.1. The predicted octanol–water partition coefficient (Wildman–Crippen LogP) is 3.53. The predicted molar refractivity (Wildman–Crippen MR) is 113 cm³/mol. The van der Waals surface area contributed by atoms with Crippen molar-refractivity contribution in [1.29, 1.82) is 0 Å². The number of anilines is 1. The van der Waals surface area contributed by atoms with E-state index in [-0.39, 0.29) is 24.0 Å². The van der Waals surface area contributed by atoms with Crippen molar-refractivity contribution in [2.75, 3.05) is 45.4 Å². The molecule has 0 radical (unpaired) electrons. The Bertz CT molecular complexity index is 540. The van der Waals surface area contributed by atoms with Crippen molar-refractivity contribution < 1.29 is 14.2 Å². The molecule has 1 aromatic carbocycles. The van der Waals surface area contributed by atoms with Gasteiger partial charge >= 0.3 is 0 Å². The van der Waals surface area contributed by atoms with Gasteiger partial charge in [0.1, 0.15) is 5.75 Å². The first-order valence-electron chi connectivity index (χ1n) is 8.25. The maximum absolute atomic E-state index is 6.07. The molecule has 2 rings (SSSR count). The lowest BCUT2D eigenvalue weighted by molar-refractivity contribution is 0.0205. The first kappa shape index (κ1) is 22.3. The molecule has 1 fully saturated rings. The summed E-state index contributed by atoms with van der Waals surface area (Å²) in [5, 5.41) is 3.53. The molecular weight excluding hydrogens is 457 g/mol. The lowest BCUT2D eigenvalue weighted by Gasteiger charge is -2.21. The van der Waals surface area contributed by atoms with Gasteiger partial charge in [0.2, 0.25) is 0 Å². The molecule has 8 heteroatoms. The maximum atomic E-state index is 6.07. The third-order valence-corrected chi connectivity index (χ3v) is 4.14. The number of hydrogen-bond donors (Lipinski definition) is 2. The average Bonchev–Trinajstić information content (AvgIpc) is 2.59. The minimum Gasteiger partial charge on any atom is -0.495 e. The minimum absolute atomic E-state index is 0. The van der Waals surface area contributed by atoms with Gasteiger partial charge in [-0.2, -0.15) is 0 Å². The van der Waals surface area contributed by atoms with Gasteiger partial charge in [-0.05, 0) is 43.4 Å². The summed E-state index contributed by atoms with van der Waals surface area (Å²) in [4.78, 5) is 4.29. The number of benzene rings is 1. The minimum atomic E-state index is 0. The number of nitrogens with two attached hydrogens (primary N) is 1. The molecule has 0 amide bonds. The van der Waals surface area contributed by atoms with E-state index in [1.165, 1.54) is 0 Å². The second kappa shape index (κ2) is 12.6. The first-order valence-corrected chi connectivity index (χ1v) is 8.63. The van der Waals surface area contributed by atoms with E-state index < -0.39 is 0 Å². The molecule has 3 N–H and O–H groups in total. The molecule has 0 aromatic heterocycles. The van der Waals surface area contributed by atoms with Crippen molar-refractivity contribution in [2.24, 2.45) is 16.6 Å². The molecule has 1 aliphatic rings. The number of hydrogen-bond acceptors (Lipinski definition) is 4. The van der Waals surface area contributed by atoms with E-state index >= 15 is 0 Å². The van der Waals surface area contributed by atoms with Crippen LogP contribution in [0.2, 0.25) is 5.02 Å². The van der Waals surface area contributed by atoms with Crippen LogP contribution in [-0.4, -0.2) is 46.0 Å². The molecule has 1 aliphatic heterocycles. The SMILES string of the molecule is COc1ccc(NC(N)=NCCCOCC2CCOCC2)cc1Cl.I. The highest BCUT2D eigenvalue weighted by Crippen LogP contribution is 2.27. The fourth-order valence-electron chi connectivity index (χ4n) is 2.46. The second-order valence-corrected chi connectivity index (χ2v) is 6.13. The highest BCUT2D eigenvalue weighted by atomic mass is 127. The van der Waals surface area contributed by atoms with Crippen LogP contribution < -0.4 is 15.8 Å². The van der Waals surface area contributed by atoms with E-state index in [4.69, 9.17) is 31.5 Å². The molecule has 0 bridgehead atoms. The van der Waals surface area contributed by atoms with Crippen molar-refractivity contribution in [3.63, 3.8) is 0 Å². The highest BCUT2D eigenvalue weighted by Gasteiger charge is 2.13. The Morgan fingerprint density at radius 1 is 1.40 bits per heavy atom. The van der Waals surface area contributed by atoms with Crippen LogP contribution in [0.25, 0.3) is 0 Å². The molecule has 0 saturated carbocycles. The molecule has 0 spiro atoms. The molecule has 142 valence electrons. The Kier molecular flexibility index (Phi) is 11.2. The summed E-state index contributed by atoms with van der Waals surface area (Å²) in [5.74, 6) is 1.62. The molecule has 1 saturated heterocycles. The zero-order valence-corrected chi connectivity index (χ0v) is 17.6. The topological polar surface area (TPSA) is 78.1 Å². The van der Waals surface area contributed by atoms with Crippen LogP contribution >= 0.6 is 35.6 Å². The number of halogens is 2. The molecular formula is C17H27ClIN3O3. The van der Waals surface area contributed by atoms with Gasteiger partial charge in [-0.25, -0.2) is 0 Å². The number of aliphatic imine (C=N–C) groups is 1. The molecule has 1 aromatic rings. The lowest BCUT2D eigenvalue weighted by atomic mass is 10.0. The molecule has 1 heterocycles. The number of nitrogens with zero attached hydrogens (tertiary/aromatic N) is 1. The Hall–Kier alpha value is -0.770. The van der Waals surface area contributed by atoms with Crippen LogP contribution in [0.15, 0.2) is 23.2 Å². The Morgan fingerprint density at radius 2 is 2.16 bits per heavy atom. The van der Waals surface area contributed by atoms with Crippen LogP contribution in [-0.2, 0) is 9.47 Å². The van der Waals surface area contributed by atoms with Gasteiger partial charge < -0.3 is 25.3 Å². The fourth-order valence-corrected chi connectivity index (χ4v) is 2.72. The zero-order valence-electron chi connectivity index (χ0n) is 14.5. The fraction of sp³-hybridized carbons (Fsp3) is 0.588. The summed E-state index contributed by atoms with van der Waals surface area (Å²) in [6, 6.07) is 5.37. The molecule has 6 nitrogen and oxygen atoms in total. The number of nitrogens with one attached hydrogen (secondary N) is 1. The van der Waals surface area contributed by atoms with Gasteiger partial charge in [-0.15, -0.1) is 24.0 Å². The zero-order chi connectivity index (χ0) is 17.2. The average molecular weight is 484 g/mol. The number of methoxy groups -OCH3 is 1. The van der Waals surface area contributed by atoms with Gasteiger partial charge in [-0.3, -0.25) is 4.99 Å². The van der Waals surface area contributed by atoms with E-state index in [1.807, 2.05) is 6.07 Å². The standard InChI is InChI=1S/C17H26ClN3O3.HI/c1-22-16-4-3-14(11-15(16)18)21-17(19)20-7-2-8-24-12-13-5-9-23-10-6-13;/h3-4,11,13H,2,5-10,12H2,1H3,(H3,19,20,21);1H. The monoisotopic (exact) mass is 483 g/mol. The van der Waals surface area contributed by atoms with Gasteiger partial charge in [0.25, 0.3) is 0 Å². The summed E-state index contributed by atoms with van der Waals surface area (Å²) in [5.41, 5.74) is 6.64. The smallest absolute Gasteiger partial charge is 0.193 e. The van der Waals surface area contributed by atoms with Crippen molar-refractivity contribution >= 4 is 47.2 Å². The summed E-state index contributed by atoms with van der Waals surface area (Å²) >= 11 is 6.07. The van der Waals surface area contributed by atoms with Crippen molar-refractivity contribution in [1.82, 2.24) is 0 Å². The summed E-state index contributed by atoms with van der Waals surface area (Å²) in [6.45, 7) is 3.84. The van der Waals surface area contributed by atoms with Crippen LogP contribution in [0.4, 0.5) is 5.69 Å². The van der Waals surface area contributed by atoms with Crippen LogP contribution in [0.3, 0.4) is 0 Å². The van der Waals surface area contributed by atoms with E-state index in [2.05, 4.69) is 10.3 Å². The Balaban J connectivity index is 0.00000312. The van der Waals surface area contributed by atoms with E-state index in [1.54, 1.807) is 19.2 Å². The van der Waals surface area contributed by atoms with Crippen molar-refractivity contribution in [3.8, 4) is 5.75 Å². The molecule has 0 unspecified atom stereocenters. The van der Waals surface area contributed by atoms with Gasteiger partial charge in [0.15, 0.2) is 5.96 Å². The first-order chi connectivity index (χ1) is 11.7. The number of guanidine groups is 1. The second-order valence-electron chi connectivity index (χ2n) is 5.73. The lowest BCUT2D eigenvalue weighted by Crippen LogP contribution is -2.23. The molecule has 25 heavy (non-hydrogen) atoms. The normalized spacial score (nSPS) is 15.5. The third kappa shape index (κ3) is 8.44. The maximum Gasteiger partial charge on any atom is 0.193 e. The Labute approximate surface area is 171 Å². The van der Waals surface area contributed by atoms with E-state index in [9.17, 15) is 0 Å². The van der Waals surface area contributed by atoms with Gasteiger partial charge in [0.05, 0.1) is 12.1 Å². The van der Waals surface area contributed by atoms with Crippen LogP contribution in [0.1, 0.15) is 19.3 Å². The summed E-state index contributed by atoms with van der Waals surface area (Å²) in [7, 11) is 1.58. The van der Waals surface area contributed by atoms with E-state index in [0.717, 1.165) is 44.8 Å². The largest absolute Gasteiger partial charge is 0.495 e. The summed E-state index contributed by atoms with van der Waals surface area (Å²) in [6.07, 6.45) is 3.04. The van der Waals surface area contributed by atoms with Crippen molar-refractivity contribution in [2.45, 2.75) is 19.3 Å². The quantitative estimate of drug-likeness (QED) is 0.256. The molecule has 0 aliphatic carbocycles. The number of rotatable bonds is 8. The van der Waals surface area contributed by atoms with Gasteiger partial charge in [-0.1, -0.05) is 11.6 Å². The van der Waals surface area contributed by atoms with Crippen LogP contribution in [0, 0.1) is 5.92 Å². The highest BCUT2D eigenvalue weighted by molar-refractivity contribution is 14.0. The van der Waals surface area contributed by atoms with Crippen LogP contribution in [0.5, 0.6) is 5.75 Å². The van der Waals surface area contributed by atoms with E-state index in [0.29, 0.717) is 35.8 Å².